The van der Waals surface area contributed by atoms with Gasteiger partial charge in [-0.1, -0.05) is 0 Å². The first-order chi connectivity index (χ1) is 8.72. The summed E-state index contributed by atoms with van der Waals surface area (Å²) >= 11 is 0. The highest BCUT2D eigenvalue weighted by molar-refractivity contribution is 5.79. The van der Waals surface area contributed by atoms with Gasteiger partial charge in [-0.15, -0.1) is 0 Å². The molecule has 0 atom stereocenters. The average Bonchev–Trinajstić information content (AvgIpc) is 2.81. The Hall–Kier alpha value is -2.63. The van der Waals surface area contributed by atoms with Crippen LogP contribution >= 0.6 is 0 Å². The van der Waals surface area contributed by atoms with Crippen molar-refractivity contribution in [1.29, 1.82) is 0 Å². The van der Waals surface area contributed by atoms with Crippen molar-refractivity contribution in [2.75, 3.05) is 11.1 Å². The normalized spacial score (nSPS) is 10.7. The van der Waals surface area contributed by atoms with E-state index in [0.29, 0.717) is 11.8 Å². The van der Waals surface area contributed by atoms with Crippen LogP contribution in [-0.4, -0.2) is 19.9 Å². The summed E-state index contributed by atoms with van der Waals surface area (Å²) in [5, 5.41) is 4.10. The minimum Gasteiger partial charge on any atom is -0.383 e. The van der Waals surface area contributed by atoms with Crippen LogP contribution in [0.1, 0.15) is 5.56 Å². The third-order valence-electron chi connectivity index (χ3n) is 2.67. The predicted octanol–water partition coefficient (Wildman–Crippen LogP) is 1.99. The number of nitrogen functional groups attached to an aromatic ring is 1. The largest absolute Gasteiger partial charge is 0.383 e. The highest BCUT2D eigenvalue weighted by Gasteiger charge is 2.03. The molecule has 0 aliphatic carbocycles. The van der Waals surface area contributed by atoms with E-state index in [-0.39, 0.29) is 0 Å². The molecule has 6 nitrogen and oxygen atoms in total. The van der Waals surface area contributed by atoms with Crippen LogP contribution in [0, 0.1) is 6.92 Å². The van der Waals surface area contributed by atoms with Crippen LogP contribution in [0.4, 0.5) is 17.5 Å². The van der Waals surface area contributed by atoms with Crippen molar-refractivity contribution >= 4 is 28.5 Å². The monoisotopic (exact) mass is 240 g/mol. The fourth-order valence-electron chi connectivity index (χ4n) is 1.65. The number of nitrogens with two attached hydrogens (primary N) is 1. The Morgan fingerprint density at radius 3 is 3.00 bits per heavy atom. The molecule has 3 rings (SSSR count). The van der Waals surface area contributed by atoms with Gasteiger partial charge in [-0.3, -0.25) is 0 Å². The van der Waals surface area contributed by atoms with Gasteiger partial charge in [-0.05, 0) is 19.1 Å². The highest BCUT2D eigenvalue weighted by Crippen LogP contribution is 2.18. The quantitative estimate of drug-likeness (QED) is 0.637. The molecule has 3 aromatic rings. The van der Waals surface area contributed by atoms with E-state index in [9.17, 15) is 0 Å². The molecular weight excluding hydrogens is 228 g/mol. The molecule has 3 aromatic heterocycles. The van der Waals surface area contributed by atoms with Crippen molar-refractivity contribution < 1.29 is 0 Å². The molecule has 0 fully saturated rings. The van der Waals surface area contributed by atoms with Gasteiger partial charge in [0, 0.05) is 23.3 Å². The van der Waals surface area contributed by atoms with Crippen molar-refractivity contribution in [1.82, 2.24) is 19.9 Å². The van der Waals surface area contributed by atoms with Gasteiger partial charge in [0.25, 0.3) is 0 Å². The molecule has 0 radical (unpaired) electrons. The molecule has 0 bridgehead atoms. The first-order valence-electron chi connectivity index (χ1n) is 5.51. The van der Waals surface area contributed by atoms with Gasteiger partial charge in [0.15, 0.2) is 0 Å². The summed E-state index contributed by atoms with van der Waals surface area (Å²) in [5.41, 5.74) is 8.27. The second-order valence-corrected chi connectivity index (χ2v) is 4.03. The van der Waals surface area contributed by atoms with Gasteiger partial charge in [-0.2, -0.15) is 4.98 Å². The van der Waals surface area contributed by atoms with Crippen LogP contribution in [-0.2, 0) is 0 Å². The van der Waals surface area contributed by atoms with Gasteiger partial charge in [0.05, 0.1) is 11.9 Å². The number of aromatic nitrogens is 4. The predicted molar refractivity (Wildman–Crippen MR) is 70.6 cm³/mol. The molecular formula is C12H12N6. The molecule has 3 heterocycles. The summed E-state index contributed by atoms with van der Waals surface area (Å²) in [6.07, 6.45) is 5.26. The lowest BCUT2D eigenvalue weighted by Crippen LogP contribution is -2.02. The highest BCUT2D eigenvalue weighted by atomic mass is 15.1. The second kappa shape index (κ2) is 3.99. The second-order valence-electron chi connectivity index (χ2n) is 4.03. The maximum atomic E-state index is 5.74. The first kappa shape index (κ1) is 10.5. The number of pyridine rings is 1. The van der Waals surface area contributed by atoms with E-state index >= 15 is 0 Å². The van der Waals surface area contributed by atoms with Crippen molar-refractivity contribution in [3.05, 3.63) is 36.3 Å². The molecule has 6 heteroatoms. The van der Waals surface area contributed by atoms with Crippen molar-refractivity contribution in [3.8, 4) is 0 Å². The van der Waals surface area contributed by atoms with Crippen LogP contribution in [0.3, 0.4) is 0 Å². The van der Waals surface area contributed by atoms with E-state index in [0.717, 1.165) is 22.3 Å². The van der Waals surface area contributed by atoms with E-state index in [1.54, 1.807) is 12.4 Å². The number of fused-ring (bicyclic) bond motifs is 1. The van der Waals surface area contributed by atoms with Crippen molar-refractivity contribution in [2.45, 2.75) is 6.92 Å². The van der Waals surface area contributed by atoms with Crippen LogP contribution in [0.5, 0.6) is 0 Å². The summed E-state index contributed by atoms with van der Waals surface area (Å²) < 4.78 is 0. The third kappa shape index (κ3) is 1.84. The number of aromatic amines is 1. The lowest BCUT2D eigenvalue weighted by molar-refractivity contribution is 1.14. The Morgan fingerprint density at radius 2 is 2.17 bits per heavy atom. The minimum atomic E-state index is 0.467. The smallest absolute Gasteiger partial charge is 0.229 e. The van der Waals surface area contributed by atoms with Gasteiger partial charge in [0.1, 0.15) is 11.5 Å². The lowest BCUT2D eigenvalue weighted by Gasteiger charge is -2.06. The van der Waals surface area contributed by atoms with Crippen LogP contribution in [0.25, 0.3) is 11.0 Å². The standard InChI is InChI=1S/C12H12N6/c1-7-5-16-12(18-10(7)13)17-9-4-8-2-3-14-11(8)15-6-9/h2-6H,1H3,(H,14,15)(H3,13,16,17,18). The Bertz CT molecular complexity index is 703. The Labute approximate surface area is 103 Å². The molecule has 0 saturated carbocycles. The maximum absolute atomic E-state index is 5.74. The minimum absolute atomic E-state index is 0.467. The molecule has 0 amide bonds. The Balaban J connectivity index is 1.92. The number of H-pyrrole nitrogens is 1. The fourth-order valence-corrected chi connectivity index (χ4v) is 1.65. The number of rotatable bonds is 2. The summed E-state index contributed by atoms with van der Waals surface area (Å²) in [4.78, 5) is 15.6. The van der Waals surface area contributed by atoms with E-state index < -0.39 is 0 Å². The number of nitrogens with zero attached hydrogens (tertiary/aromatic N) is 3. The zero-order valence-corrected chi connectivity index (χ0v) is 9.81. The maximum Gasteiger partial charge on any atom is 0.229 e. The topological polar surface area (TPSA) is 92.5 Å². The van der Waals surface area contributed by atoms with Crippen LogP contribution in [0.2, 0.25) is 0 Å². The summed E-state index contributed by atoms with van der Waals surface area (Å²) in [5.74, 6) is 0.943. The van der Waals surface area contributed by atoms with E-state index in [4.69, 9.17) is 5.73 Å². The summed E-state index contributed by atoms with van der Waals surface area (Å²) in [6, 6.07) is 3.93. The van der Waals surface area contributed by atoms with Gasteiger partial charge < -0.3 is 16.0 Å². The molecule has 0 spiro atoms. The number of aryl methyl sites for hydroxylation is 1. The zero-order valence-electron chi connectivity index (χ0n) is 9.81. The molecule has 0 aliphatic rings. The first-order valence-corrected chi connectivity index (χ1v) is 5.51. The van der Waals surface area contributed by atoms with Gasteiger partial charge >= 0.3 is 0 Å². The zero-order chi connectivity index (χ0) is 12.5. The molecule has 0 saturated heterocycles. The molecule has 4 N–H and O–H groups in total. The Morgan fingerprint density at radius 1 is 1.28 bits per heavy atom. The van der Waals surface area contributed by atoms with E-state index in [1.807, 2.05) is 25.3 Å². The number of hydrogen-bond acceptors (Lipinski definition) is 5. The van der Waals surface area contributed by atoms with Crippen molar-refractivity contribution in [3.63, 3.8) is 0 Å². The van der Waals surface area contributed by atoms with Gasteiger partial charge in [-0.25, -0.2) is 9.97 Å². The summed E-state index contributed by atoms with van der Waals surface area (Å²) in [7, 11) is 0. The SMILES string of the molecule is Cc1cnc(Nc2cnc3[nH]ccc3c2)nc1N. The van der Waals surface area contributed by atoms with Crippen LogP contribution in [0.15, 0.2) is 30.7 Å². The molecule has 0 unspecified atom stereocenters. The van der Waals surface area contributed by atoms with E-state index in [1.165, 1.54) is 0 Å². The number of anilines is 3. The lowest BCUT2D eigenvalue weighted by atomic mass is 10.3. The average molecular weight is 240 g/mol. The van der Waals surface area contributed by atoms with Crippen molar-refractivity contribution in [2.24, 2.45) is 0 Å². The third-order valence-corrected chi connectivity index (χ3v) is 2.67. The summed E-state index contributed by atoms with van der Waals surface area (Å²) in [6.45, 7) is 1.87. The molecule has 0 aromatic carbocycles. The number of nitrogens with one attached hydrogen (secondary N) is 2. The molecule has 0 aliphatic heterocycles. The van der Waals surface area contributed by atoms with E-state index in [2.05, 4.69) is 25.3 Å². The fraction of sp³-hybridized carbons (Fsp3) is 0.0833. The number of hydrogen-bond donors (Lipinski definition) is 3. The molecule has 18 heavy (non-hydrogen) atoms. The molecule has 90 valence electrons. The van der Waals surface area contributed by atoms with Crippen LogP contribution < -0.4 is 11.1 Å². The van der Waals surface area contributed by atoms with Gasteiger partial charge in [0.2, 0.25) is 5.95 Å². The Kier molecular flexibility index (Phi) is 2.33.